The first-order valence-electron chi connectivity index (χ1n) is 5.98. The smallest absolute Gasteiger partial charge is 0.0635 e. The molecule has 4 heteroatoms. The van der Waals surface area contributed by atoms with E-state index in [4.69, 9.17) is 0 Å². The van der Waals surface area contributed by atoms with Crippen molar-refractivity contribution in [2.24, 2.45) is 5.92 Å². The Balaban J connectivity index is 2.68. The highest BCUT2D eigenvalue weighted by Crippen LogP contribution is 2.22. The first kappa shape index (κ1) is 13.7. The minimum atomic E-state index is 0.424. The molecular formula is C12H22BrN3. The highest BCUT2D eigenvalue weighted by Gasteiger charge is 2.14. The van der Waals surface area contributed by atoms with E-state index in [1.807, 2.05) is 6.20 Å². The summed E-state index contributed by atoms with van der Waals surface area (Å²) >= 11 is 3.58. The third-order valence-corrected chi connectivity index (χ3v) is 3.28. The molecule has 92 valence electrons. The van der Waals surface area contributed by atoms with Crippen molar-refractivity contribution in [2.45, 2.75) is 40.2 Å². The fourth-order valence-corrected chi connectivity index (χ4v) is 2.23. The van der Waals surface area contributed by atoms with Crippen LogP contribution in [0.2, 0.25) is 0 Å². The molecule has 0 fully saturated rings. The fraction of sp³-hybridized carbons (Fsp3) is 0.750. The van der Waals surface area contributed by atoms with Crippen molar-refractivity contribution >= 4 is 15.9 Å². The van der Waals surface area contributed by atoms with Gasteiger partial charge in [-0.15, -0.1) is 0 Å². The summed E-state index contributed by atoms with van der Waals surface area (Å²) in [6, 6.07) is 0.424. The average molecular weight is 288 g/mol. The van der Waals surface area contributed by atoms with Gasteiger partial charge in [0.1, 0.15) is 0 Å². The van der Waals surface area contributed by atoms with Crippen molar-refractivity contribution in [3.63, 3.8) is 0 Å². The predicted molar refractivity (Wildman–Crippen MR) is 71.7 cm³/mol. The summed E-state index contributed by atoms with van der Waals surface area (Å²) in [7, 11) is 0. The largest absolute Gasteiger partial charge is 0.317 e. The van der Waals surface area contributed by atoms with E-state index >= 15 is 0 Å². The fourth-order valence-electron chi connectivity index (χ4n) is 1.80. The van der Waals surface area contributed by atoms with Crippen molar-refractivity contribution in [1.82, 2.24) is 15.1 Å². The standard InChI is InChI=1S/C12H22BrN3/c1-5-14-7-10(4)6-12-11(13)8-15-16(12)9(2)3/h8-10,14H,5-7H2,1-4H3. The van der Waals surface area contributed by atoms with Crippen LogP contribution in [0.5, 0.6) is 0 Å². The first-order valence-corrected chi connectivity index (χ1v) is 6.78. The SMILES string of the molecule is CCNCC(C)Cc1c(Br)cnn1C(C)C. The van der Waals surface area contributed by atoms with Gasteiger partial charge in [-0.3, -0.25) is 4.68 Å². The van der Waals surface area contributed by atoms with E-state index in [9.17, 15) is 0 Å². The molecule has 0 aliphatic carbocycles. The molecule has 16 heavy (non-hydrogen) atoms. The Morgan fingerprint density at radius 2 is 2.12 bits per heavy atom. The number of halogens is 1. The van der Waals surface area contributed by atoms with Gasteiger partial charge in [-0.1, -0.05) is 13.8 Å². The van der Waals surface area contributed by atoms with E-state index in [0.29, 0.717) is 12.0 Å². The number of rotatable bonds is 6. The lowest BCUT2D eigenvalue weighted by atomic mass is 10.1. The molecule has 0 amide bonds. The Kier molecular flexibility index (Phi) is 5.49. The van der Waals surface area contributed by atoms with Crippen molar-refractivity contribution in [3.05, 3.63) is 16.4 Å². The van der Waals surface area contributed by atoms with Gasteiger partial charge in [0, 0.05) is 6.04 Å². The van der Waals surface area contributed by atoms with Gasteiger partial charge in [0.15, 0.2) is 0 Å². The second-order valence-corrected chi connectivity index (χ2v) is 5.45. The van der Waals surface area contributed by atoms with Gasteiger partial charge in [-0.25, -0.2) is 0 Å². The van der Waals surface area contributed by atoms with E-state index in [-0.39, 0.29) is 0 Å². The zero-order chi connectivity index (χ0) is 12.1. The Morgan fingerprint density at radius 1 is 1.44 bits per heavy atom. The highest BCUT2D eigenvalue weighted by molar-refractivity contribution is 9.10. The van der Waals surface area contributed by atoms with Crippen LogP contribution in [0.1, 0.15) is 39.4 Å². The summed E-state index contributed by atoms with van der Waals surface area (Å²) in [6.45, 7) is 10.8. The molecule has 1 aromatic rings. The Morgan fingerprint density at radius 3 is 2.69 bits per heavy atom. The van der Waals surface area contributed by atoms with Gasteiger partial charge in [0.2, 0.25) is 0 Å². The third kappa shape index (κ3) is 3.59. The maximum Gasteiger partial charge on any atom is 0.0635 e. The topological polar surface area (TPSA) is 29.9 Å². The van der Waals surface area contributed by atoms with Gasteiger partial charge >= 0.3 is 0 Å². The van der Waals surface area contributed by atoms with Crippen molar-refractivity contribution in [2.75, 3.05) is 13.1 Å². The Bertz CT molecular complexity index is 320. The molecule has 1 atom stereocenters. The quantitative estimate of drug-likeness (QED) is 0.872. The molecule has 0 aliphatic heterocycles. The number of nitrogens with one attached hydrogen (secondary N) is 1. The molecule has 1 unspecified atom stereocenters. The van der Waals surface area contributed by atoms with Gasteiger partial charge in [-0.2, -0.15) is 5.10 Å². The maximum absolute atomic E-state index is 4.40. The van der Waals surface area contributed by atoms with E-state index in [1.54, 1.807) is 0 Å². The van der Waals surface area contributed by atoms with E-state index < -0.39 is 0 Å². The number of hydrogen-bond acceptors (Lipinski definition) is 2. The summed E-state index contributed by atoms with van der Waals surface area (Å²) in [6.07, 6.45) is 2.96. The summed E-state index contributed by atoms with van der Waals surface area (Å²) in [4.78, 5) is 0. The molecule has 0 bridgehead atoms. The molecule has 1 heterocycles. The maximum atomic E-state index is 4.40. The molecule has 0 radical (unpaired) electrons. The Labute approximate surface area is 107 Å². The molecule has 1 N–H and O–H groups in total. The van der Waals surface area contributed by atoms with Crippen molar-refractivity contribution < 1.29 is 0 Å². The summed E-state index contributed by atoms with van der Waals surface area (Å²) in [5.74, 6) is 0.630. The zero-order valence-electron chi connectivity index (χ0n) is 10.6. The van der Waals surface area contributed by atoms with E-state index in [2.05, 4.69) is 58.7 Å². The van der Waals surface area contributed by atoms with Crippen LogP contribution in [-0.4, -0.2) is 22.9 Å². The van der Waals surface area contributed by atoms with Crippen molar-refractivity contribution in [1.29, 1.82) is 0 Å². The molecule has 0 aliphatic rings. The van der Waals surface area contributed by atoms with Gasteiger partial charge in [0.25, 0.3) is 0 Å². The van der Waals surface area contributed by atoms with Crippen LogP contribution in [0.15, 0.2) is 10.7 Å². The van der Waals surface area contributed by atoms with E-state index in [0.717, 1.165) is 24.0 Å². The number of aromatic nitrogens is 2. The predicted octanol–water partition coefficient (Wildman–Crippen LogP) is 3.01. The molecule has 0 saturated carbocycles. The second-order valence-electron chi connectivity index (χ2n) is 4.59. The third-order valence-electron chi connectivity index (χ3n) is 2.62. The molecule has 3 nitrogen and oxygen atoms in total. The molecule has 1 rings (SSSR count). The van der Waals surface area contributed by atoms with Crippen LogP contribution in [0.4, 0.5) is 0 Å². The lowest BCUT2D eigenvalue weighted by molar-refractivity contribution is 0.462. The lowest BCUT2D eigenvalue weighted by Gasteiger charge is -2.16. The van der Waals surface area contributed by atoms with Crippen LogP contribution in [0, 0.1) is 5.92 Å². The summed E-state index contributed by atoms with van der Waals surface area (Å²) in [5, 5.41) is 7.78. The minimum Gasteiger partial charge on any atom is -0.317 e. The molecule has 0 aromatic carbocycles. The average Bonchev–Trinajstić information content (AvgIpc) is 2.58. The van der Waals surface area contributed by atoms with Gasteiger partial charge < -0.3 is 5.32 Å². The second kappa shape index (κ2) is 6.40. The van der Waals surface area contributed by atoms with Crippen LogP contribution in [0.3, 0.4) is 0 Å². The summed E-state index contributed by atoms with van der Waals surface area (Å²) in [5.41, 5.74) is 1.31. The van der Waals surface area contributed by atoms with Crippen LogP contribution >= 0.6 is 15.9 Å². The molecular weight excluding hydrogens is 266 g/mol. The van der Waals surface area contributed by atoms with Crippen LogP contribution in [0.25, 0.3) is 0 Å². The Hall–Kier alpha value is -0.350. The number of nitrogens with zero attached hydrogens (tertiary/aromatic N) is 2. The van der Waals surface area contributed by atoms with Crippen molar-refractivity contribution in [3.8, 4) is 0 Å². The minimum absolute atomic E-state index is 0.424. The first-order chi connectivity index (χ1) is 7.56. The van der Waals surface area contributed by atoms with Gasteiger partial charge in [-0.05, 0) is 55.2 Å². The molecule has 0 saturated heterocycles. The number of hydrogen-bond donors (Lipinski definition) is 1. The lowest BCUT2D eigenvalue weighted by Crippen LogP contribution is -2.23. The van der Waals surface area contributed by atoms with Crippen LogP contribution in [-0.2, 0) is 6.42 Å². The van der Waals surface area contributed by atoms with Gasteiger partial charge in [0.05, 0.1) is 16.4 Å². The monoisotopic (exact) mass is 287 g/mol. The molecule has 0 spiro atoms. The normalized spacial score (nSPS) is 13.4. The van der Waals surface area contributed by atoms with E-state index in [1.165, 1.54) is 5.69 Å². The molecule has 1 aromatic heterocycles. The highest BCUT2D eigenvalue weighted by atomic mass is 79.9. The van der Waals surface area contributed by atoms with Crippen LogP contribution < -0.4 is 5.32 Å². The summed E-state index contributed by atoms with van der Waals surface area (Å²) < 4.78 is 3.23. The zero-order valence-corrected chi connectivity index (χ0v) is 12.2.